The van der Waals surface area contributed by atoms with Gasteiger partial charge in [0.2, 0.25) is 0 Å². The van der Waals surface area contributed by atoms with Crippen LogP contribution in [0.4, 0.5) is 0 Å². The number of carbonyl (C=O) groups is 1. The summed E-state index contributed by atoms with van der Waals surface area (Å²) in [6.07, 6.45) is 7.90. The molecule has 4 bridgehead atoms. The molecule has 0 unspecified atom stereocenters. The zero-order valence-corrected chi connectivity index (χ0v) is 10.9. The molecule has 0 saturated heterocycles. The number of hydrogen-bond donors (Lipinski definition) is 1. The van der Waals surface area contributed by atoms with Gasteiger partial charge in [-0.05, 0) is 56.3 Å². The van der Waals surface area contributed by atoms with Crippen LogP contribution in [0, 0.1) is 23.2 Å². The Hall–Kier alpha value is -0.830. The van der Waals surface area contributed by atoms with Gasteiger partial charge in [0.15, 0.2) is 0 Å². The number of aliphatic hydroxyl groups excluding tert-OH is 1. The van der Waals surface area contributed by atoms with Crippen molar-refractivity contribution in [3.8, 4) is 0 Å². The Morgan fingerprint density at radius 2 is 1.67 bits per heavy atom. The lowest BCUT2D eigenvalue weighted by molar-refractivity contribution is -0.151. The number of esters is 1. The van der Waals surface area contributed by atoms with E-state index in [1.54, 1.807) is 0 Å². The molecule has 18 heavy (non-hydrogen) atoms. The van der Waals surface area contributed by atoms with Crippen LogP contribution in [-0.4, -0.2) is 24.3 Å². The Kier molecular flexibility index (Phi) is 2.97. The highest BCUT2D eigenvalue weighted by molar-refractivity contribution is 5.87. The maximum atomic E-state index is 11.6. The summed E-state index contributed by atoms with van der Waals surface area (Å²) < 4.78 is 5.38. The first-order chi connectivity index (χ1) is 8.60. The van der Waals surface area contributed by atoms with Crippen LogP contribution in [0.1, 0.15) is 38.5 Å². The molecule has 4 aliphatic rings. The Morgan fingerprint density at radius 1 is 1.17 bits per heavy atom. The van der Waals surface area contributed by atoms with Crippen molar-refractivity contribution in [2.45, 2.75) is 38.5 Å². The highest BCUT2D eigenvalue weighted by Crippen LogP contribution is 2.60. The molecule has 4 rings (SSSR count). The van der Waals surface area contributed by atoms with Gasteiger partial charge in [0.25, 0.3) is 0 Å². The van der Waals surface area contributed by atoms with Crippen LogP contribution in [0.25, 0.3) is 0 Å². The lowest BCUT2D eigenvalue weighted by Gasteiger charge is -2.56. The summed E-state index contributed by atoms with van der Waals surface area (Å²) in [7, 11) is 0. The van der Waals surface area contributed by atoms with E-state index in [0.717, 1.165) is 17.8 Å². The van der Waals surface area contributed by atoms with Crippen molar-refractivity contribution in [1.82, 2.24) is 0 Å². The minimum Gasteiger partial charge on any atom is -0.462 e. The maximum absolute atomic E-state index is 11.6. The Bertz CT molecular complexity index is 337. The molecule has 1 N–H and O–H groups in total. The van der Waals surface area contributed by atoms with Gasteiger partial charge in [0.1, 0.15) is 0 Å². The van der Waals surface area contributed by atoms with Crippen molar-refractivity contribution in [3.05, 3.63) is 12.2 Å². The van der Waals surface area contributed by atoms with Crippen LogP contribution in [0.5, 0.6) is 0 Å². The van der Waals surface area contributed by atoms with Gasteiger partial charge >= 0.3 is 5.97 Å². The number of ether oxygens (including phenoxy) is 1. The normalized spacial score (nSPS) is 40.8. The number of carbonyl (C=O) groups excluding carboxylic acids is 1. The van der Waals surface area contributed by atoms with E-state index in [4.69, 9.17) is 9.84 Å². The molecule has 0 aromatic carbocycles. The summed E-state index contributed by atoms with van der Waals surface area (Å²) in [5, 5.41) is 8.87. The van der Waals surface area contributed by atoms with E-state index in [9.17, 15) is 4.79 Å². The molecule has 3 heteroatoms. The Labute approximate surface area is 108 Å². The zero-order valence-electron chi connectivity index (χ0n) is 10.9. The van der Waals surface area contributed by atoms with Crippen LogP contribution in [0.3, 0.4) is 0 Å². The lowest BCUT2D eigenvalue weighted by Crippen LogP contribution is -2.48. The van der Waals surface area contributed by atoms with Crippen LogP contribution >= 0.6 is 0 Å². The number of aliphatic hydroxyl groups is 1. The monoisotopic (exact) mass is 250 g/mol. The van der Waals surface area contributed by atoms with Gasteiger partial charge < -0.3 is 9.84 Å². The molecule has 4 saturated carbocycles. The molecule has 0 heterocycles. The molecular formula is C15H22O3. The topological polar surface area (TPSA) is 46.5 Å². The smallest absolute Gasteiger partial charge is 0.335 e. The second kappa shape index (κ2) is 4.37. The second-order valence-corrected chi connectivity index (χ2v) is 6.76. The molecule has 4 aliphatic carbocycles. The van der Waals surface area contributed by atoms with Crippen LogP contribution < -0.4 is 0 Å². The van der Waals surface area contributed by atoms with Gasteiger partial charge in [-0.25, -0.2) is 4.79 Å². The summed E-state index contributed by atoms with van der Waals surface area (Å²) in [6, 6.07) is 0. The van der Waals surface area contributed by atoms with E-state index in [0.29, 0.717) is 6.61 Å². The summed E-state index contributed by atoms with van der Waals surface area (Å²) in [5.74, 6) is 2.19. The average molecular weight is 250 g/mol. The summed E-state index contributed by atoms with van der Waals surface area (Å²) in [6.45, 7) is 3.74. The zero-order chi connectivity index (χ0) is 12.8. The third-order valence-electron chi connectivity index (χ3n) is 5.15. The molecule has 0 aromatic rings. The minimum atomic E-state index is -0.423. The lowest BCUT2D eigenvalue weighted by atomic mass is 9.50. The largest absolute Gasteiger partial charge is 0.462 e. The molecule has 0 atom stereocenters. The fraction of sp³-hybridized carbons (Fsp3) is 0.800. The Balaban J connectivity index is 1.62. The maximum Gasteiger partial charge on any atom is 0.335 e. The predicted octanol–water partition coefficient (Wildman–Crippen LogP) is 2.29. The van der Waals surface area contributed by atoms with Crippen molar-refractivity contribution in [2.75, 3.05) is 13.2 Å². The van der Waals surface area contributed by atoms with Crippen molar-refractivity contribution in [3.63, 3.8) is 0 Å². The van der Waals surface area contributed by atoms with E-state index >= 15 is 0 Å². The van der Waals surface area contributed by atoms with Crippen molar-refractivity contribution < 1.29 is 14.6 Å². The molecule has 0 aromatic heterocycles. The molecule has 0 amide bonds. The van der Waals surface area contributed by atoms with Crippen molar-refractivity contribution in [2.24, 2.45) is 23.2 Å². The third kappa shape index (κ3) is 2.09. The highest BCUT2D eigenvalue weighted by atomic mass is 16.5. The molecule has 0 spiro atoms. The van der Waals surface area contributed by atoms with E-state index in [1.807, 2.05) is 0 Å². The molecule has 0 aliphatic heterocycles. The van der Waals surface area contributed by atoms with Crippen LogP contribution in [0.15, 0.2) is 12.2 Å². The van der Waals surface area contributed by atoms with Gasteiger partial charge in [-0.1, -0.05) is 6.58 Å². The molecule has 0 radical (unpaired) electrons. The highest BCUT2D eigenvalue weighted by Gasteiger charge is 2.51. The van der Waals surface area contributed by atoms with E-state index in [2.05, 4.69) is 6.58 Å². The predicted molar refractivity (Wildman–Crippen MR) is 67.8 cm³/mol. The average Bonchev–Trinajstić information content (AvgIpc) is 2.33. The van der Waals surface area contributed by atoms with Crippen molar-refractivity contribution >= 4 is 5.97 Å². The standard InChI is InChI=1S/C15H22O3/c1-10(8-16)14(17)18-9-15-5-11-2-12(6-15)4-13(3-11)7-15/h11-13,16H,1-9H2. The van der Waals surface area contributed by atoms with Gasteiger partial charge in [0.05, 0.1) is 18.8 Å². The minimum absolute atomic E-state index is 0.166. The molecule has 4 fully saturated rings. The Morgan fingerprint density at radius 3 is 2.11 bits per heavy atom. The number of rotatable bonds is 4. The van der Waals surface area contributed by atoms with Gasteiger partial charge in [-0.2, -0.15) is 0 Å². The van der Waals surface area contributed by atoms with Gasteiger partial charge in [-0.15, -0.1) is 0 Å². The van der Waals surface area contributed by atoms with Crippen LogP contribution in [0.2, 0.25) is 0 Å². The van der Waals surface area contributed by atoms with E-state index in [1.165, 1.54) is 38.5 Å². The van der Waals surface area contributed by atoms with E-state index in [-0.39, 0.29) is 17.6 Å². The van der Waals surface area contributed by atoms with E-state index < -0.39 is 5.97 Å². The van der Waals surface area contributed by atoms with Gasteiger partial charge in [0, 0.05) is 5.41 Å². The van der Waals surface area contributed by atoms with Crippen LogP contribution in [-0.2, 0) is 9.53 Å². The summed E-state index contributed by atoms with van der Waals surface area (Å²) in [4.78, 5) is 11.6. The first kappa shape index (κ1) is 12.2. The summed E-state index contributed by atoms with van der Waals surface area (Å²) >= 11 is 0. The first-order valence-electron chi connectivity index (χ1n) is 7.06. The second-order valence-electron chi connectivity index (χ2n) is 6.76. The first-order valence-corrected chi connectivity index (χ1v) is 7.06. The quantitative estimate of drug-likeness (QED) is 0.615. The summed E-state index contributed by atoms with van der Waals surface area (Å²) in [5.41, 5.74) is 0.417. The van der Waals surface area contributed by atoms with Crippen molar-refractivity contribution in [1.29, 1.82) is 0 Å². The molecule has 3 nitrogen and oxygen atoms in total. The SMILES string of the molecule is C=C(CO)C(=O)OCC12CC3CC(CC(C3)C1)C2. The van der Waals surface area contributed by atoms with Gasteiger partial charge in [-0.3, -0.25) is 0 Å². The third-order valence-corrected chi connectivity index (χ3v) is 5.15. The number of hydrogen-bond acceptors (Lipinski definition) is 3. The molecular weight excluding hydrogens is 228 g/mol. The molecule has 100 valence electrons. The fourth-order valence-corrected chi connectivity index (χ4v) is 4.85. The fourth-order valence-electron chi connectivity index (χ4n) is 4.85.